The number of carbonyl (C=O) groups is 1. The lowest BCUT2D eigenvalue weighted by atomic mass is 10.1. The highest BCUT2D eigenvalue weighted by molar-refractivity contribution is 6.06. The van der Waals surface area contributed by atoms with Gasteiger partial charge in [0.2, 0.25) is 0 Å². The highest BCUT2D eigenvalue weighted by atomic mass is 19.1. The van der Waals surface area contributed by atoms with Crippen LogP contribution in [0.2, 0.25) is 0 Å². The smallest absolute Gasteiger partial charge is 0.187 e. The van der Waals surface area contributed by atoms with E-state index in [1.54, 1.807) is 18.2 Å². The molecular formula is C14H10FNO2. The SMILES string of the molecule is O=C(/C=C/c1ccccc1O)c1cncc(F)c1. The summed E-state index contributed by atoms with van der Waals surface area (Å²) < 4.78 is 12.9. The molecule has 2 aromatic rings. The van der Waals surface area contributed by atoms with E-state index in [1.165, 1.54) is 24.4 Å². The largest absolute Gasteiger partial charge is 0.507 e. The number of pyridine rings is 1. The lowest BCUT2D eigenvalue weighted by molar-refractivity contribution is 0.104. The summed E-state index contributed by atoms with van der Waals surface area (Å²) in [6.45, 7) is 0. The highest BCUT2D eigenvalue weighted by Crippen LogP contribution is 2.17. The molecule has 3 nitrogen and oxygen atoms in total. The average molecular weight is 243 g/mol. The van der Waals surface area contributed by atoms with Crippen molar-refractivity contribution >= 4 is 11.9 Å². The second-order valence-corrected chi connectivity index (χ2v) is 3.65. The summed E-state index contributed by atoms with van der Waals surface area (Å²) >= 11 is 0. The molecular weight excluding hydrogens is 233 g/mol. The summed E-state index contributed by atoms with van der Waals surface area (Å²) in [4.78, 5) is 15.3. The van der Waals surface area contributed by atoms with Crippen LogP contribution in [-0.2, 0) is 0 Å². The number of nitrogens with zero attached hydrogens (tertiary/aromatic N) is 1. The van der Waals surface area contributed by atoms with Gasteiger partial charge in [-0.2, -0.15) is 0 Å². The Labute approximate surface area is 103 Å². The fourth-order valence-corrected chi connectivity index (χ4v) is 1.44. The molecule has 1 aromatic heterocycles. The van der Waals surface area contributed by atoms with Gasteiger partial charge in [0.1, 0.15) is 11.6 Å². The number of carbonyl (C=O) groups excluding carboxylic acids is 1. The molecule has 1 aromatic carbocycles. The molecule has 0 bridgehead atoms. The van der Waals surface area contributed by atoms with Crippen LogP contribution < -0.4 is 0 Å². The molecule has 0 aliphatic rings. The second kappa shape index (κ2) is 5.23. The molecule has 2 rings (SSSR count). The molecule has 0 radical (unpaired) electrons. The first-order valence-corrected chi connectivity index (χ1v) is 5.28. The van der Waals surface area contributed by atoms with E-state index >= 15 is 0 Å². The molecule has 0 aliphatic carbocycles. The van der Waals surface area contributed by atoms with Crippen molar-refractivity contribution in [1.82, 2.24) is 4.98 Å². The van der Waals surface area contributed by atoms with Gasteiger partial charge in [-0.15, -0.1) is 0 Å². The van der Waals surface area contributed by atoms with Gasteiger partial charge >= 0.3 is 0 Å². The van der Waals surface area contributed by atoms with Gasteiger partial charge in [-0.05, 0) is 24.3 Å². The fraction of sp³-hybridized carbons (Fsp3) is 0. The van der Waals surface area contributed by atoms with Crippen LogP contribution >= 0.6 is 0 Å². The van der Waals surface area contributed by atoms with Crippen molar-refractivity contribution in [3.63, 3.8) is 0 Å². The Kier molecular flexibility index (Phi) is 3.48. The molecule has 0 spiro atoms. The van der Waals surface area contributed by atoms with Gasteiger partial charge in [0.25, 0.3) is 0 Å². The zero-order valence-corrected chi connectivity index (χ0v) is 9.38. The van der Waals surface area contributed by atoms with Crippen molar-refractivity contribution in [2.24, 2.45) is 0 Å². The molecule has 18 heavy (non-hydrogen) atoms. The molecule has 0 unspecified atom stereocenters. The third kappa shape index (κ3) is 2.79. The van der Waals surface area contributed by atoms with Crippen LogP contribution in [0.4, 0.5) is 4.39 Å². The van der Waals surface area contributed by atoms with Gasteiger partial charge < -0.3 is 5.11 Å². The van der Waals surface area contributed by atoms with Crippen LogP contribution in [0.1, 0.15) is 15.9 Å². The number of halogens is 1. The maximum atomic E-state index is 12.9. The monoisotopic (exact) mass is 243 g/mol. The van der Waals surface area contributed by atoms with Gasteiger partial charge in [-0.3, -0.25) is 9.78 Å². The number of allylic oxidation sites excluding steroid dienone is 1. The number of ketones is 1. The van der Waals surface area contributed by atoms with Crippen molar-refractivity contribution in [1.29, 1.82) is 0 Å². The van der Waals surface area contributed by atoms with Crippen LogP contribution in [0, 0.1) is 5.82 Å². The van der Waals surface area contributed by atoms with E-state index in [9.17, 15) is 14.3 Å². The first kappa shape index (κ1) is 12.0. The van der Waals surface area contributed by atoms with Crippen molar-refractivity contribution in [3.05, 3.63) is 65.7 Å². The highest BCUT2D eigenvalue weighted by Gasteiger charge is 2.04. The minimum absolute atomic E-state index is 0.0823. The Morgan fingerprint density at radius 2 is 2.06 bits per heavy atom. The van der Waals surface area contributed by atoms with Crippen molar-refractivity contribution in [3.8, 4) is 5.75 Å². The zero-order valence-electron chi connectivity index (χ0n) is 9.38. The number of aromatic hydroxyl groups is 1. The van der Waals surface area contributed by atoms with Crippen LogP contribution in [-0.4, -0.2) is 15.9 Å². The first-order chi connectivity index (χ1) is 8.66. The number of para-hydroxylation sites is 1. The zero-order chi connectivity index (χ0) is 13.0. The minimum Gasteiger partial charge on any atom is -0.507 e. The first-order valence-electron chi connectivity index (χ1n) is 5.28. The van der Waals surface area contributed by atoms with Crippen LogP contribution in [0.3, 0.4) is 0 Å². The van der Waals surface area contributed by atoms with E-state index in [1.807, 2.05) is 0 Å². The number of rotatable bonds is 3. The Balaban J connectivity index is 2.20. The topological polar surface area (TPSA) is 50.2 Å². The predicted octanol–water partition coefficient (Wildman–Crippen LogP) is 2.82. The molecule has 0 saturated carbocycles. The van der Waals surface area contributed by atoms with Gasteiger partial charge in [0.15, 0.2) is 5.78 Å². The minimum atomic E-state index is -0.559. The molecule has 90 valence electrons. The Bertz CT molecular complexity index is 608. The molecule has 1 N–H and O–H groups in total. The molecule has 4 heteroatoms. The average Bonchev–Trinajstić information content (AvgIpc) is 2.37. The Morgan fingerprint density at radius 3 is 2.78 bits per heavy atom. The third-order valence-electron chi connectivity index (χ3n) is 2.34. The summed E-state index contributed by atoms with van der Waals surface area (Å²) in [5, 5.41) is 9.50. The van der Waals surface area contributed by atoms with Crippen molar-refractivity contribution < 1.29 is 14.3 Å². The van der Waals surface area contributed by atoms with Crippen molar-refractivity contribution in [2.45, 2.75) is 0 Å². The summed E-state index contributed by atoms with van der Waals surface area (Å²) in [5.41, 5.74) is 0.692. The molecule has 0 fully saturated rings. The normalized spacial score (nSPS) is 10.7. The molecule has 0 aliphatic heterocycles. The molecule has 0 saturated heterocycles. The Hall–Kier alpha value is -2.49. The summed E-state index contributed by atoms with van der Waals surface area (Å²) in [6.07, 6.45) is 5.07. The quantitative estimate of drug-likeness (QED) is 0.666. The summed E-state index contributed by atoms with van der Waals surface area (Å²) in [5.74, 6) is -0.846. The number of phenolic OH excluding ortho intramolecular Hbond substituents is 1. The lowest BCUT2D eigenvalue weighted by Crippen LogP contribution is -1.96. The fourth-order valence-electron chi connectivity index (χ4n) is 1.44. The van der Waals surface area contributed by atoms with E-state index in [2.05, 4.69) is 4.98 Å². The lowest BCUT2D eigenvalue weighted by Gasteiger charge is -1.97. The van der Waals surface area contributed by atoms with Crippen LogP contribution in [0.5, 0.6) is 5.75 Å². The second-order valence-electron chi connectivity index (χ2n) is 3.65. The number of hydrogen-bond acceptors (Lipinski definition) is 3. The number of benzene rings is 1. The van der Waals surface area contributed by atoms with E-state index in [-0.39, 0.29) is 17.1 Å². The number of aromatic nitrogens is 1. The molecule has 0 atom stereocenters. The van der Waals surface area contributed by atoms with Crippen LogP contribution in [0.25, 0.3) is 6.08 Å². The third-order valence-corrected chi connectivity index (χ3v) is 2.34. The van der Waals surface area contributed by atoms with Crippen LogP contribution in [0.15, 0.2) is 48.8 Å². The Morgan fingerprint density at radius 1 is 1.28 bits per heavy atom. The van der Waals surface area contributed by atoms with E-state index in [0.29, 0.717) is 5.56 Å². The number of phenols is 1. The van der Waals surface area contributed by atoms with Gasteiger partial charge in [-0.1, -0.05) is 18.2 Å². The van der Waals surface area contributed by atoms with Gasteiger partial charge in [-0.25, -0.2) is 4.39 Å². The molecule has 1 heterocycles. The number of hydrogen-bond donors (Lipinski definition) is 1. The van der Waals surface area contributed by atoms with Gasteiger partial charge in [0.05, 0.1) is 6.20 Å². The van der Waals surface area contributed by atoms with E-state index < -0.39 is 5.82 Å². The summed E-state index contributed by atoms with van der Waals surface area (Å²) in [7, 11) is 0. The maximum absolute atomic E-state index is 12.9. The standard InChI is InChI=1S/C14H10FNO2/c15-12-7-11(8-16-9-12)14(18)6-5-10-3-1-2-4-13(10)17/h1-9,17H/b6-5+. The molecule has 0 amide bonds. The van der Waals surface area contributed by atoms with E-state index in [0.717, 1.165) is 12.3 Å². The van der Waals surface area contributed by atoms with E-state index in [4.69, 9.17) is 0 Å². The predicted molar refractivity (Wildman–Crippen MR) is 65.7 cm³/mol. The van der Waals surface area contributed by atoms with Gasteiger partial charge in [0, 0.05) is 17.3 Å². The maximum Gasteiger partial charge on any atom is 0.187 e. The summed E-state index contributed by atoms with van der Waals surface area (Å²) in [6, 6.07) is 7.74. The van der Waals surface area contributed by atoms with Crippen molar-refractivity contribution in [2.75, 3.05) is 0 Å².